The minimum atomic E-state index is -0.214. The van der Waals surface area contributed by atoms with Crippen molar-refractivity contribution >= 4 is 22.6 Å². The predicted molar refractivity (Wildman–Crippen MR) is 114 cm³/mol. The number of carbonyl (C=O) groups excluding carboxylic acids is 1. The van der Waals surface area contributed by atoms with Crippen molar-refractivity contribution in [2.75, 3.05) is 5.32 Å². The zero-order valence-electron chi connectivity index (χ0n) is 15.4. The number of hydrogen-bond donors (Lipinski definition) is 3. The van der Waals surface area contributed by atoms with Gasteiger partial charge in [0.1, 0.15) is 5.82 Å². The maximum Gasteiger partial charge on any atom is 0.259 e. The fourth-order valence-electron chi connectivity index (χ4n) is 3.28. The van der Waals surface area contributed by atoms with Gasteiger partial charge in [0.25, 0.3) is 5.91 Å². The molecule has 6 heteroatoms. The smallest absolute Gasteiger partial charge is 0.259 e. The monoisotopic (exact) mass is 379 g/mol. The van der Waals surface area contributed by atoms with E-state index in [4.69, 9.17) is 0 Å². The summed E-state index contributed by atoms with van der Waals surface area (Å²) in [6.07, 6.45) is 1.54. The lowest BCUT2D eigenvalue weighted by Crippen LogP contribution is -2.12. The van der Waals surface area contributed by atoms with Gasteiger partial charge in [-0.3, -0.25) is 9.89 Å². The van der Waals surface area contributed by atoms with E-state index in [0.29, 0.717) is 16.9 Å². The minimum absolute atomic E-state index is 0.214. The molecule has 0 aliphatic carbocycles. The van der Waals surface area contributed by atoms with Gasteiger partial charge in [0.2, 0.25) is 0 Å². The topological polar surface area (TPSA) is 86.5 Å². The number of benzene rings is 3. The number of amides is 1. The van der Waals surface area contributed by atoms with Crippen LogP contribution < -0.4 is 5.32 Å². The van der Waals surface area contributed by atoms with Crippen LogP contribution in [0.4, 0.5) is 5.69 Å². The normalized spacial score (nSPS) is 10.9. The van der Waals surface area contributed by atoms with E-state index in [2.05, 4.69) is 25.5 Å². The lowest BCUT2D eigenvalue weighted by atomic mass is 10.1. The van der Waals surface area contributed by atoms with Crippen LogP contribution in [-0.2, 0) is 0 Å². The molecule has 0 aliphatic rings. The number of aromatic nitrogens is 4. The summed E-state index contributed by atoms with van der Waals surface area (Å²) in [6, 6.07) is 25.2. The fourth-order valence-corrected chi connectivity index (χ4v) is 3.28. The van der Waals surface area contributed by atoms with Crippen molar-refractivity contribution < 1.29 is 4.79 Å². The standard InChI is InChI=1S/C23H17N5O/c29-23(18-14-24-28-21(18)15-6-2-1-3-7-15)25-17-12-10-16(11-13-17)22-26-19-8-4-5-9-20(19)27-22/h1-14H,(H,24,28)(H,25,29)(H,26,27). The Morgan fingerprint density at radius 2 is 1.59 bits per heavy atom. The molecular weight excluding hydrogens is 362 g/mol. The van der Waals surface area contributed by atoms with E-state index >= 15 is 0 Å². The number of imidazole rings is 1. The van der Waals surface area contributed by atoms with Gasteiger partial charge in [-0.05, 0) is 36.4 Å². The van der Waals surface area contributed by atoms with Crippen LogP contribution in [0.25, 0.3) is 33.7 Å². The Hall–Kier alpha value is -4.19. The third-order valence-electron chi connectivity index (χ3n) is 4.75. The minimum Gasteiger partial charge on any atom is -0.338 e. The van der Waals surface area contributed by atoms with E-state index in [1.54, 1.807) is 6.20 Å². The molecule has 3 aromatic carbocycles. The maximum absolute atomic E-state index is 12.8. The summed E-state index contributed by atoms with van der Waals surface area (Å²) in [5, 5.41) is 9.88. The van der Waals surface area contributed by atoms with Crippen LogP contribution in [0.5, 0.6) is 0 Å². The Labute approximate surface area is 166 Å². The SMILES string of the molecule is O=C(Nc1ccc(-c2nc3ccccc3[nH]2)cc1)c1cn[nH]c1-c1ccccc1. The quantitative estimate of drug-likeness (QED) is 0.416. The van der Waals surface area contributed by atoms with Gasteiger partial charge in [-0.25, -0.2) is 4.98 Å². The molecule has 140 valence electrons. The van der Waals surface area contributed by atoms with Crippen molar-refractivity contribution in [2.24, 2.45) is 0 Å². The Kier molecular flexibility index (Phi) is 4.14. The molecule has 5 rings (SSSR count). The molecule has 3 N–H and O–H groups in total. The molecule has 2 aromatic heterocycles. The van der Waals surface area contributed by atoms with Crippen molar-refractivity contribution in [3.05, 3.63) is 90.6 Å². The number of H-pyrrole nitrogens is 2. The third-order valence-corrected chi connectivity index (χ3v) is 4.75. The van der Waals surface area contributed by atoms with E-state index in [-0.39, 0.29) is 5.91 Å². The summed E-state index contributed by atoms with van der Waals surface area (Å²) >= 11 is 0. The summed E-state index contributed by atoms with van der Waals surface area (Å²) in [5.74, 6) is 0.583. The Balaban J connectivity index is 1.36. The van der Waals surface area contributed by atoms with Crippen LogP contribution in [0.1, 0.15) is 10.4 Å². The highest BCUT2D eigenvalue weighted by molar-refractivity contribution is 6.08. The number of para-hydroxylation sites is 2. The number of nitrogens with one attached hydrogen (secondary N) is 3. The van der Waals surface area contributed by atoms with Crippen molar-refractivity contribution in [2.45, 2.75) is 0 Å². The van der Waals surface area contributed by atoms with Gasteiger partial charge in [-0.2, -0.15) is 5.10 Å². The highest BCUT2D eigenvalue weighted by Gasteiger charge is 2.15. The van der Waals surface area contributed by atoms with E-state index < -0.39 is 0 Å². The number of rotatable bonds is 4. The molecule has 0 spiro atoms. The lowest BCUT2D eigenvalue weighted by Gasteiger charge is -2.07. The van der Waals surface area contributed by atoms with Crippen LogP contribution in [0, 0.1) is 0 Å². The molecule has 6 nitrogen and oxygen atoms in total. The average Bonchev–Trinajstić information content (AvgIpc) is 3.42. The molecule has 0 atom stereocenters. The van der Waals surface area contributed by atoms with Gasteiger partial charge in [-0.15, -0.1) is 0 Å². The van der Waals surface area contributed by atoms with E-state index in [1.807, 2.05) is 78.9 Å². The van der Waals surface area contributed by atoms with Crippen LogP contribution >= 0.6 is 0 Å². The summed E-state index contributed by atoms with van der Waals surface area (Å²) in [4.78, 5) is 20.7. The molecule has 0 fully saturated rings. The first-order chi connectivity index (χ1) is 14.3. The van der Waals surface area contributed by atoms with Gasteiger partial charge in [-0.1, -0.05) is 42.5 Å². The van der Waals surface area contributed by atoms with Crippen LogP contribution in [0.15, 0.2) is 85.1 Å². The molecule has 0 bridgehead atoms. The van der Waals surface area contributed by atoms with Crippen molar-refractivity contribution in [3.63, 3.8) is 0 Å². The second-order valence-corrected chi connectivity index (χ2v) is 6.66. The highest BCUT2D eigenvalue weighted by atomic mass is 16.1. The predicted octanol–water partition coefficient (Wildman–Crippen LogP) is 4.87. The van der Waals surface area contributed by atoms with Gasteiger partial charge in [0.15, 0.2) is 0 Å². The molecule has 0 saturated carbocycles. The summed E-state index contributed by atoms with van der Waals surface area (Å²) in [6.45, 7) is 0. The first-order valence-corrected chi connectivity index (χ1v) is 9.23. The van der Waals surface area contributed by atoms with Crippen molar-refractivity contribution in [3.8, 4) is 22.6 Å². The van der Waals surface area contributed by atoms with Gasteiger partial charge >= 0.3 is 0 Å². The van der Waals surface area contributed by atoms with E-state index in [9.17, 15) is 4.79 Å². The van der Waals surface area contributed by atoms with E-state index in [1.165, 1.54) is 0 Å². The number of carbonyl (C=O) groups is 1. The van der Waals surface area contributed by atoms with Gasteiger partial charge in [0.05, 0.1) is 28.5 Å². The summed E-state index contributed by atoms with van der Waals surface area (Å²) < 4.78 is 0. The number of aromatic amines is 2. The first-order valence-electron chi connectivity index (χ1n) is 9.23. The lowest BCUT2D eigenvalue weighted by molar-refractivity contribution is 0.102. The first kappa shape index (κ1) is 16.9. The van der Waals surface area contributed by atoms with E-state index in [0.717, 1.165) is 28.0 Å². The molecule has 29 heavy (non-hydrogen) atoms. The molecule has 0 aliphatic heterocycles. The fraction of sp³-hybridized carbons (Fsp3) is 0. The number of fused-ring (bicyclic) bond motifs is 1. The second kappa shape index (κ2) is 7.09. The van der Waals surface area contributed by atoms with Crippen LogP contribution in [0.3, 0.4) is 0 Å². The third kappa shape index (κ3) is 3.27. The maximum atomic E-state index is 12.8. The Morgan fingerprint density at radius 1 is 0.828 bits per heavy atom. The van der Waals surface area contributed by atoms with Crippen molar-refractivity contribution in [1.29, 1.82) is 0 Å². The molecule has 0 saturated heterocycles. The number of anilines is 1. The molecule has 0 radical (unpaired) electrons. The van der Waals surface area contributed by atoms with Gasteiger partial charge in [0, 0.05) is 16.8 Å². The van der Waals surface area contributed by atoms with Gasteiger partial charge < -0.3 is 10.3 Å². The Bertz CT molecular complexity index is 1250. The largest absolute Gasteiger partial charge is 0.338 e. The number of hydrogen-bond acceptors (Lipinski definition) is 3. The average molecular weight is 379 g/mol. The zero-order chi connectivity index (χ0) is 19.6. The highest BCUT2D eigenvalue weighted by Crippen LogP contribution is 2.24. The Morgan fingerprint density at radius 3 is 2.38 bits per heavy atom. The molecule has 1 amide bonds. The molecule has 0 unspecified atom stereocenters. The molecular formula is C23H17N5O. The number of nitrogens with zero attached hydrogens (tertiary/aromatic N) is 2. The van der Waals surface area contributed by atoms with Crippen LogP contribution in [-0.4, -0.2) is 26.1 Å². The molecule has 5 aromatic rings. The second-order valence-electron chi connectivity index (χ2n) is 6.66. The molecule has 2 heterocycles. The summed E-state index contributed by atoms with van der Waals surface area (Å²) in [7, 11) is 0. The summed E-state index contributed by atoms with van der Waals surface area (Å²) in [5.41, 5.74) is 5.68. The van der Waals surface area contributed by atoms with Crippen molar-refractivity contribution in [1.82, 2.24) is 20.2 Å². The zero-order valence-corrected chi connectivity index (χ0v) is 15.4. The van der Waals surface area contributed by atoms with Crippen LogP contribution in [0.2, 0.25) is 0 Å².